The van der Waals surface area contributed by atoms with Crippen molar-refractivity contribution in [2.45, 2.75) is 8.56 Å². The Labute approximate surface area is 107 Å². The summed E-state index contributed by atoms with van der Waals surface area (Å²) in [6.07, 6.45) is 0.537. The van der Waals surface area contributed by atoms with Crippen LogP contribution in [0.2, 0.25) is 0 Å². The van der Waals surface area contributed by atoms with Gasteiger partial charge >= 0.3 is 5.97 Å². The molecule has 1 N–H and O–H groups in total. The minimum Gasteiger partial charge on any atom is -0.478 e. The average Bonchev–Trinajstić information content (AvgIpc) is 2.01. The third kappa shape index (κ3) is 3.71. The van der Waals surface area contributed by atoms with Crippen LogP contribution < -0.4 is 0 Å². The SMILES string of the molecule is O=C(O)c1ccccc1CC(Br)(Br)Br. The van der Waals surface area contributed by atoms with Crippen molar-refractivity contribution in [1.82, 2.24) is 0 Å². The summed E-state index contributed by atoms with van der Waals surface area (Å²) in [6, 6.07) is 6.92. The molecular weight excluding hydrogens is 380 g/mol. The molecule has 0 aliphatic carbocycles. The minimum absolute atomic E-state index is 0.329. The monoisotopic (exact) mass is 384 g/mol. The molecule has 1 rings (SSSR count). The quantitative estimate of drug-likeness (QED) is 0.786. The van der Waals surface area contributed by atoms with Gasteiger partial charge in [0.05, 0.1) is 5.56 Å². The predicted octanol–water partition coefficient (Wildman–Crippen LogP) is 3.77. The summed E-state index contributed by atoms with van der Waals surface area (Å²) in [5.41, 5.74) is 1.10. The molecule has 0 heterocycles. The number of aromatic carboxylic acids is 1. The van der Waals surface area contributed by atoms with Crippen molar-refractivity contribution >= 4 is 53.8 Å². The summed E-state index contributed by atoms with van der Waals surface area (Å²) < 4.78 is -0.446. The Morgan fingerprint density at radius 3 is 2.36 bits per heavy atom. The van der Waals surface area contributed by atoms with Crippen LogP contribution in [-0.4, -0.2) is 13.2 Å². The van der Waals surface area contributed by atoms with E-state index in [9.17, 15) is 4.79 Å². The number of hydrogen-bond donors (Lipinski definition) is 1. The average molecular weight is 387 g/mol. The van der Waals surface area contributed by atoms with Crippen molar-refractivity contribution in [2.24, 2.45) is 0 Å². The van der Waals surface area contributed by atoms with Crippen LogP contribution in [0.5, 0.6) is 0 Å². The lowest BCUT2D eigenvalue weighted by molar-refractivity contribution is 0.0696. The topological polar surface area (TPSA) is 37.3 Å². The van der Waals surface area contributed by atoms with E-state index < -0.39 is 8.11 Å². The lowest BCUT2D eigenvalue weighted by Crippen LogP contribution is -2.09. The van der Waals surface area contributed by atoms with E-state index in [2.05, 4.69) is 47.8 Å². The Balaban J connectivity index is 3.02. The second-order valence-corrected chi connectivity index (χ2v) is 10.0. The van der Waals surface area contributed by atoms with Crippen LogP contribution in [0.4, 0.5) is 0 Å². The second kappa shape index (κ2) is 4.77. The number of carboxylic acid groups (broad SMARTS) is 1. The van der Waals surface area contributed by atoms with Crippen molar-refractivity contribution in [1.29, 1.82) is 0 Å². The molecule has 5 heteroatoms. The Kier molecular flexibility index (Phi) is 4.15. The van der Waals surface area contributed by atoms with Gasteiger partial charge in [-0.15, -0.1) is 0 Å². The zero-order valence-corrected chi connectivity index (χ0v) is 11.8. The molecule has 0 aliphatic heterocycles. The maximum atomic E-state index is 10.9. The first-order valence-electron chi connectivity index (χ1n) is 3.78. The molecule has 76 valence electrons. The third-order valence-electron chi connectivity index (χ3n) is 1.64. The molecule has 1 aromatic carbocycles. The van der Waals surface area contributed by atoms with Crippen molar-refractivity contribution in [3.8, 4) is 0 Å². The molecule has 0 unspecified atom stereocenters. The standard InChI is InChI=1S/C9H7Br3O2/c10-9(11,12)5-6-3-1-2-4-7(6)8(13)14/h1-4H,5H2,(H,13,14). The molecular formula is C9H7Br3O2. The smallest absolute Gasteiger partial charge is 0.335 e. The van der Waals surface area contributed by atoms with E-state index in [-0.39, 0.29) is 0 Å². The van der Waals surface area contributed by atoms with E-state index in [0.29, 0.717) is 12.0 Å². The summed E-state index contributed by atoms with van der Waals surface area (Å²) in [4.78, 5) is 10.9. The molecule has 14 heavy (non-hydrogen) atoms. The lowest BCUT2D eigenvalue weighted by atomic mass is 10.1. The second-order valence-electron chi connectivity index (χ2n) is 2.75. The summed E-state index contributed by atoms with van der Waals surface area (Å²) in [5.74, 6) is -0.905. The van der Waals surface area contributed by atoms with Gasteiger partial charge in [-0.1, -0.05) is 66.0 Å². The number of alkyl halides is 3. The fraction of sp³-hybridized carbons (Fsp3) is 0.222. The predicted molar refractivity (Wildman–Crippen MR) is 66.6 cm³/mol. The van der Waals surface area contributed by atoms with Crippen LogP contribution in [0.3, 0.4) is 0 Å². The molecule has 0 aliphatic rings. The number of benzene rings is 1. The Morgan fingerprint density at radius 2 is 1.86 bits per heavy atom. The van der Waals surface area contributed by atoms with Crippen molar-refractivity contribution < 1.29 is 9.90 Å². The first-order valence-corrected chi connectivity index (χ1v) is 6.16. The number of rotatable bonds is 2. The third-order valence-corrected chi connectivity index (χ3v) is 2.48. The zero-order valence-electron chi connectivity index (χ0n) is 7.01. The normalized spacial score (nSPS) is 11.4. The first kappa shape index (κ1) is 12.2. The van der Waals surface area contributed by atoms with Gasteiger partial charge < -0.3 is 5.11 Å². The van der Waals surface area contributed by atoms with Crippen LogP contribution in [0.15, 0.2) is 24.3 Å². The van der Waals surface area contributed by atoms with Gasteiger partial charge in [0.1, 0.15) is 2.14 Å². The Bertz CT molecular complexity index is 344. The fourth-order valence-corrected chi connectivity index (χ4v) is 2.01. The minimum atomic E-state index is -0.905. The van der Waals surface area contributed by atoms with Crippen LogP contribution >= 0.6 is 47.8 Å². The molecule has 0 saturated heterocycles. The molecule has 0 bridgehead atoms. The molecule has 0 atom stereocenters. The van der Waals surface area contributed by atoms with Crippen LogP contribution in [0.1, 0.15) is 15.9 Å². The maximum absolute atomic E-state index is 10.9. The molecule has 0 saturated carbocycles. The molecule has 0 fully saturated rings. The van der Waals surface area contributed by atoms with E-state index in [1.54, 1.807) is 18.2 Å². The highest BCUT2D eigenvalue weighted by molar-refractivity contribution is 9.39. The van der Waals surface area contributed by atoms with Gasteiger partial charge in [-0.05, 0) is 11.6 Å². The number of carbonyl (C=O) groups is 1. The summed E-state index contributed by atoms with van der Waals surface area (Å²) in [5, 5.41) is 8.92. The Morgan fingerprint density at radius 1 is 1.29 bits per heavy atom. The summed E-state index contributed by atoms with van der Waals surface area (Å²) in [7, 11) is 0. The molecule has 0 aromatic heterocycles. The number of carboxylic acids is 1. The molecule has 1 aromatic rings. The van der Waals surface area contributed by atoms with Gasteiger partial charge in [0.15, 0.2) is 0 Å². The van der Waals surface area contributed by atoms with E-state index in [1.807, 2.05) is 6.07 Å². The van der Waals surface area contributed by atoms with E-state index >= 15 is 0 Å². The van der Waals surface area contributed by atoms with E-state index in [4.69, 9.17) is 5.11 Å². The largest absolute Gasteiger partial charge is 0.478 e. The highest BCUT2D eigenvalue weighted by Crippen LogP contribution is 2.37. The zero-order chi connectivity index (χ0) is 10.8. The first-order chi connectivity index (χ1) is 6.40. The van der Waals surface area contributed by atoms with Crippen molar-refractivity contribution in [3.05, 3.63) is 35.4 Å². The van der Waals surface area contributed by atoms with Gasteiger partial charge in [0.25, 0.3) is 0 Å². The van der Waals surface area contributed by atoms with Crippen molar-refractivity contribution in [3.63, 3.8) is 0 Å². The highest BCUT2D eigenvalue weighted by Gasteiger charge is 2.21. The van der Waals surface area contributed by atoms with E-state index in [1.165, 1.54) is 0 Å². The van der Waals surface area contributed by atoms with Gasteiger partial charge in [-0.25, -0.2) is 4.79 Å². The summed E-state index contributed by atoms with van der Waals surface area (Å²) in [6.45, 7) is 0. The number of hydrogen-bond acceptors (Lipinski definition) is 1. The van der Waals surface area contributed by atoms with Gasteiger partial charge in [0.2, 0.25) is 0 Å². The maximum Gasteiger partial charge on any atom is 0.335 e. The Hall–Kier alpha value is 0.130. The van der Waals surface area contributed by atoms with Gasteiger partial charge in [0, 0.05) is 6.42 Å². The van der Waals surface area contributed by atoms with Crippen molar-refractivity contribution in [2.75, 3.05) is 0 Å². The van der Waals surface area contributed by atoms with Gasteiger partial charge in [-0.2, -0.15) is 0 Å². The van der Waals surface area contributed by atoms with Crippen LogP contribution in [-0.2, 0) is 6.42 Å². The highest BCUT2D eigenvalue weighted by atomic mass is 80.0. The van der Waals surface area contributed by atoms with E-state index in [0.717, 1.165) is 5.56 Å². The summed E-state index contributed by atoms with van der Waals surface area (Å²) >= 11 is 10.0. The van der Waals surface area contributed by atoms with Crippen LogP contribution in [0, 0.1) is 0 Å². The van der Waals surface area contributed by atoms with Gasteiger partial charge in [-0.3, -0.25) is 0 Å². The molecule has 0 spiro atoms. The molecule has 0 amide bonds. The lowest BCUT2D eigenvalue weighted by Gasteiger charge is -2.13. The van der Waals surface area contributed by atoms with Crippen LogP contribution in [0.25, 0.3) is 0 Å². The molecule has 2 nitrogen and oxygen atoms in total. The number of halogens is 3. The molecule has 0 radical (unpaired) electrons. The fourth-order valence-electron chi connectivity index (χ4n) is 1.10.